The molecule has 0 aliphatic heterocycles. The van der Waals surface area contributed by atoms with Gasteiger partial charge in [0.05, 0.1) is 11.7 Å². The normalized spacial score (nSPS) is 13.8. The molecule has 17 heavy (non-hydrogen) atoms. The number of amides is 1. The number of carboxylic acids is 1. The van der Waals surface area contributed by atoms with Gasteiger partial charge in [-0.05, 0) is 35.0 Å². The van der Waals surface area contributed by atoms with Crippen molar-refractivity contribution in [2.45, 2.75) is 19.1 Å². The Hall–Kier alpha value is -1.47. The highest BCUT2D eigenvalue weighted by Crippen LogP contribution is 2.12. The van der Waals surface area contributed by atoms with E-state index in [0.717, 1.165) is 0 Å². The van der Waals surface area contributed by atoms with Crippen LogP contribution in [0.5, 0.6) is 0 Å². The fourth-order valence-corrected chi connectivity index (χ4v) is 1.59. The van der Waals surface area contributed by atoms with Crippen LogP contribution in [0, 0.1) is 0 Å². The number of aliphatic hydroxyl groups is 1. The van der Waals surface area contributed by atoms with Crippen molar-refractivity contribution in [1.82, 2.24) is 10.3 Å². The van der Waals surface area contributed by atoms with Crippen LogP contribution in [0.25, 0.3) is 0 Å². The molecule has 1 rings (SSSR count). The molecule has 0 aromatic carbocycles. The molecule has 1 amide bonds. The molecule has 0 aliphatic carbocycles. The minimum atomic E-state index is -1.35. The summed E-state index contributed by atoms with van der Waals surface area (Å²) in [6, 6.07) is 1.69. The average Bonchev–Trinajstić information content (AvgIpc) is 2.25. The molecule has 92 valence electrons. The number of carbonyl (C=O) groups excluding carboxylic acids is 1. The molecular formula is C10H11BrN2O4. The van der Waals surface area contributed by atoms with Crippen LogP contribution in [0.4, 0.5) is 0 Å². The van der Waals surface area contributed by atoms with E-state index in [2.05, 4.69) is 26.2 Å². The SMILES string of the molecule is C[C@@H](O)[C@H](NC(=O)c1cccnc1Br)C(=O)O. The number of nitrogens with zero attached hydrogens (tertiary/aromatic N) is 1. The quantitative estimate of drug-likeness (QED) is 0.700. The molecule has 1 aromatic heterocycles. The Balaban J connectivity index is 2.85. The van der Waals surface area contributed by atoms with Crippen LogP contribution in [0.3, 0.4) is 0 Å². The van der Waals surface area contributed by atoms with Crippen LogP contribution >= 0.6 is 15.9 Å². The van der Waals surface area contributed by atoms with Crippen molar-refractivity contribution >= 4 is 27.8 Å². The minimum absolute atomic E-state index is 0.208. The molecule has 0 saturated heterocycles. The van der Waals surface area contributed by atoms with Crippen molar-refractivity contribution in [2.24, 2.45) is 0 Å². The summed E-state index contributed by atoms with van der Waals surface area (Å²) in [4.78, 5) is 26.4. The van der Waals surface area contributed by atoms with E-state index >= 15 is 0 Å². The van der Waals surface area contributed by atoms with Gasteiger partial charge in [-0.3, -0.25) is 4.79 Å². The number of aliphatic hydroxyl groups excluding tert-OH is 1. The van der Waals surface area contributed by atoms with Gasteiger partial charge in [0.2, 0.25) is 0 Å². The Labute approximate surface area is 106 Å². The number of pyridine rings is 1. The predicted octanol–water partition coefficient (Wildman–Crippen LogP) is 0.408. The summed E-state index contributed by atoms with van der Waals surface area (Å²) in [7, 11) is 0. The van der Waals surface area contributed by atoms with E-state index in [1.807, 2.05) is 0 Å². The molecule has 0 aliphatic rings. The second-order valence-electron chi connectivity index (χ2n) is 3.37. The van der Waals surface area contributed by atoms with Crippen LogP contribution < -0.4 is 5.32 Å². The van der Waals surface area contributed by atoms with Gasteiger partial charge in [0.1, 0.15) is 4.60 Å². The van der Waals surface area contributed by atoms with Crippen LogP contribution in [-0.2, 0) is 4.79 Å². The molecule has 6 nitrogen and oxygen atoms in total. The highest BCUT2D eigenvalue weighted by molar-refractivity contribution is 9.10. The molecule has 1 heterocycles. The van der Waals surface area contributed by atoms with Gasteiger partial charge in [-0.25, -0.2) is 9.78 Å². The van der Waals surface area contributed by atoms with E-state index in [9.17, 15) is 14.7 Å². The maximum atomic E-state index is 11.7. The second-order valence-corrected chi connectivity index (χ2v) is 4.12. The lowest BCUT2D eigenvalue weighted by atomic mass is 10.1. The molecule has 0 fully saturated rings. The van der Waals surface area contributed by atoms with Crippen molar-refractivity contribution in [3.8, 4) is 0 Å². The lowest BCUT2D eigenvalue weighted by Gasteiger charge is -2.17. The fourth-order valence-electron chi connectivity index (χ4n) is 1.16. The molecular weight excluding hydrogens is 292 g/mol. The van der Waals surface area contributed by atoms with Crippen molar-refractivity contribution in [3.05, 3.63) is 28.5 Å². The smallest absolute Gasteiger partial charge is 0.328 e. The fraction of sp³-hybridized carbons (Fsp3) is 0.300. The molecule has 1 aromatic rings. The number of hydrogen-bond donors (Lipinski definition) is 3. The van der Waals surface area contributed by atoms with E-state index in [4.69, 9.17) is 5.11 Å². The third-order valence-corrected chi connectivity index (χ3v) is 2.67. The second kappa shape index (κ2) is 5.74. The van der Waals surface area contributed by atoms with Gasteiger partial charge in [-0.2, -0.15) is 0 Å². The summed E-state index contributed by atoms with van der Waals surface area (Å²) < 4.78 is 0.312. The third-order valence-electron chi connectivity index (χ3n) is 2.04. The lowest BCUT2D eigenvalue weighted by molar-refractivity contribution is -0.141. The van der Waals surface area contributed by atoms with E-state index in [1.54, 1.807) is 6.07 Å². The van der Waals surface area contributed by atoms with Gasteiger partial charge in [-0.1, -0.05) is 0 Å². The zero-order valence-corrected chi connectivity index (χ0v) is 10.5. The van der Waals surface area contributed by atoms with Crippen LogP contribution in [0.2, 0.25) is 0 Å². The molecule has 0 spiro atoms. The standard InChI is InChI=1S/C10H11BrN2O4/c1-5(14)7(10(16)17)13-9(15)6-3-2-4-12-8(6)11/h2-5,7,14H,1H3,(H,13,15)(H,16,17)/t5-,7+/m1/s1. The first-order valence-corrected chi connectivity index (χ1v) is 5.55. The van der Waals surface area contributed by atoms with Gasteiger partial charge in [-0.15, -0.1) is 0 Å². The predicted molar refractivity (Wildman–Crippen MR) is 62.5 cm³/mol. The number of carboxylic acid groups (broad SMARTS) is 1. The third kappa shape index (κ3) is 3.50. The largest absolute Gasteiger partial charge is 0.480 e. The van der Waals surface area contributed by atoms with E-state index in [1.165, 1.54) is 19.2 Å². The van der Waals surface area contributed by atoms with Crippen molar-refractivity contribution < 1.29 is 19.8 Å². The van der Waals surface area contributed by atoms with Gasteiger partial charge in [0, 0.05) is 6.20 Å². The van der Waals surface area contributed by atoms with Gasteiger partial charge in [0.25, 0.3) is 5.91 Å². The monoisotopic (exact) mass is 302 g/mol. The Morgan fingerprint density at radius 1 is 1.53 bits per heavy atom. The average molecular weight is 303 g/mol. The zero-order chi connectivity index (χ0) is 13.0. The summed E-state index contributed by atoms with van der Waals surface area (Å²) in [5, 5.41) is 20.2. The molecule has 0 radical (unpaired) electrons. The summed E-state index contributed by atoms with van der Waals surface area (Å²) in [5.41, 5.74) is 0.208. The number of halogens is 1. The first kappa shape index (κ1) is 13.6. The molecule has 3 N–H and O–H groups in total. The summed E-state index contributed by atoms with van der Waals surface area (Å²) in [6.45, 7) is 1.29. The van der Waals surface area contributed by atoms with E-state index in [0.29, 0.717) is 4.60 Å². The lowest BCUT2D eigenvalue weighted by Crippen LogP contribution is -2.47. The topological polar surface area (TPSA) is 99.5 Å². The number of rotatable bonds is 4. The minimum Gasteiger partial charge on any atom is -0.480 e. The molecule has 0 saturated carbocycles. The van der Waals surface area contributed by atoms with Crippen LogP contribution in [0.1, 0.15) is 17.3 Å². The number of aliphatic carboxylic acids is 1. The highest BCUT2D eigenvalue weighted by atomic mass is 79.9. The molecule has 0 unspecified atom stereocenters. The van der Waals surface area contributed by atoms with E-state index in [-0.39, 0.29) is 5.56 Å². The van der Waals surface area contributed by atoms with E-state index < -0.39 is 24.0 Å². The first-order chi connectivity index (χ1) is 7.93. The Kier molecular flexibility index (Phi) is 4.59. The molecule has 0 bridgehead atoms. The number of aromatic nitrogens is 1. The van der Waals surface area contributed by atoms with Crippen molar-refractivity contribution in [1.29, 1.82) is 0 Å². The van der Waals surface area contributed by atoms with Gasteiger partial charge < -0.3 is 15.5 Å². The van der Waals surface area contributed by atoms with Gasteiger partial charge in [0.15, 0.2) is 6.04 Å². The number of hydrogen-bond acceptors (Lipinski definition) is 4. The van der Waals surface area contributed by atoms with Gasteiger partial charge >= 0.3 is 5.97 Å². The molecule has 7 heteroatoms. The maximum Gasteiger partial charge on any atom is 0.328 e. The zero-order valence-electron chi connectivity index (χ0n) is 8.92. The maximum absolute atomic E-state index is 11.7. The first-order valence-electron chi connectivity index (χ1n) is 4.75. The molecule has 2 atom stereocenters. The number of carbonyl (C=O) groups is 2. The number of nitrogens with one attached hydrogen (secondary N) is 1. The Morgan fingerprint density at radius 3 is 2.65 bits per heavy atom. The Morgan fingerprint density at radius 2 is 2.18 bits per heavy atom. The van der Waals surface area contributed by atoms with Crippen molar-refractivity contribution in [3.63, 3.8) is 0 Å². The van der Waals surface area contributed by atoms with Crippen LogP contribution in [0.15, 0.2) is 22.9 Å². The Bertz CT molecular complexity index is 436. The van der Waals surface area contributed by atoms with Crippen LogP contribution in [-0.4, -0.2) is 39.2 Å². The summed E-state index contributed by atoms with van der Waals surface area (Å²) >= 11 is 3.08. The highest BCUT2D eigenvalue weighted by Gasteiger charge is 2.26. The summed E-state index contributed by atoms with van der Waals surface area (Å²) in [6.07, 6.45) is 0.302. The van der Waals surface area contributed by atoms with Crippen molar-refractivity contribution in [2.75, 3.05) is 0 Å². The summed E-state index contributed by atoms with van der Waals surface area (Å²) in [5.74, 6) is -1.91.